The van der Waals surface area contributed by atoms with Gasteiger partial charge < -0.3 is 4.57 Å². The molecule has 0 radical (unpaired) electrons. The molecule has 0 N–H and O–H groups in total. The summed E-state index contributed by atoms with van der Waals surface area (Å²) in [6.07, 6.45) is 1.89. The van der Waals surface area contributed by atoms with E-state index in [1.165, 1.54) is 16.8 Å². The Balaban J connectivity index is 1.73. The maximum atomic E-state index is 4.78. The summed E-state index contributed by atoms with van der Waals surface area (Å²) in [5.74, 6) is 1.13. The smallest absolute Gasteiger partial charge is 0.109 e. The van der Waals surface area contributed by atoms with Crippen LogP contribution in [0.5, 0.6) is 0 Å². The number of rotatable bonds is 3. The Morgan fingerprint density at radius 2 is 1.86 bits per heavy atom. The minimum atomic E-state index is 0.832. The highest BCUT2D eigenvalue weighted by Gasteiger charge is 2.16. The molecule has 21 heavy (non-hydrogen) atoms. The number of fused-ring (bicyclic) bond motifs is 2. The van der Waals surface area contributed by atoms with Gasteiger partial charge in [0.05, 0.1) is 23.3 Å². The van der Waals surface area contributed by atoms with Gasteiger partial charge in [0.1, 0.15) is 5.82 Å². The molecule has 1 aromatic heterocycles. The van der Waals surface area contributed by atoms with Gasteiger partial charge in [-0.25, -0.2) is 4.98 Å². The van der Waals surface area contributed by atoms with Crippen molar-refractivity contribution in [1.82, 2.24) is 9.55 Å². The minimum absolute atomic E-state index is 0.832. The highest BCUT2D eigenvalue weighted by Crippen LogP contribution is 2.27. The Kier molecular flexibility index (Phi) is 2.85. The maximum absolute atomic E-state index is 4.78. The van der Waals surface area contributed by atoms with Crippen molar-refractivity contribution in [2.24, 2.45) is 4.99 Å². The van der Waals surface area contributed by atoms with Gasteiger partial charge in [-0.1, -0.05) is 37.3 Å². The van der Waals surface area contributed by atoms with Crippen LogP contribution in [-0.2, 0) is 19.4 Å². The zero-order chi connectivity index (χ0) is 14.2. The average molecular weight is 275 g/mol. The fourth-order valence-electron chi connectivity index (χ4n) is 3.04. The van der Waals surface area contributed by atoms with Crippen LogP contribution >= 0.6 is 0 Å². The highest BCUT2D eigenvalue weighted by molar-refractivity contribution is 5.94. The molecule has 0 unspecified atom stereocenters. The summed E-state index contributed by atoms with van der Waals surface area (Å²) in [6, 6.07) is 16.7. The molecule has 0 atom stereocenters. The monoisotopic (exact) mass is 275 g/mol. The van der Waals surface area contributed by atoms with Crippen molar-refractivity contribution >= 4 is 22.4 Å². The lowest BCUT2D eigenvalue weighted by Crippen LogP contribution is -2.12. The molecule has 3 heteroatoms. The normalized spacial score (nSPS) is 13.5. The predicted octanol–water partition coefficient (Wildman–Crippen LogP) is 3.93. The van der Waals surface area contributed by atoms with E-state index >= 15 is 0 Å². The number of aryl methyl sites for hydroxylation is 1. The second kappa shape index (κ2) is 4.85. The molecule has 3 aromatic rings. The first-order valence-electron chi connectivity index (χ1n) is 7.43. The molecular weight excluding hydrogens is 258 g/mol. The van der Waals surface area contributed by atoms with Crippen molar-refractivity contribution in [3.05, 3.63) is 59.9 Å². The van der Waals surface area contributed by atoms with E-state index in [0.717, 1.165) is 36.4 Å². The van der Waals surface area contributed by atoms with Crippen molar-refractivity contribution in [3.63, 3.8) is 0 Å². The molecule has 1 aliphatic rings. The van der Waals surface area contributed by atoms with Crippen LogP contribution in [0.3, 0.4) is 0 Å². The molecule has 0 saturated heterocycles. The molecule has 0 fully saturated rings. The van der Waals surface area contributed by atoms with Crippen LogP contribution in [-0.4, -0.2) is 15.3 Å². The van der Waals surface area contributed by atoms with E-state index in [1.54, 1.807) is 0 Å². The van der Waals surface area contributed by atoms with Gasteiger partial charge in [0, 0.05) is 18.6 Å². The second-order valence-electron chi connectivity index (χ2n) is 5.44. The molecule has 2 aromatic carbocycles. The summed E-state index contributed by atoms with van der Waals surface area (Å²) in [6.45, 7) is 2.99. The van der Waals surface area contributed by atoms with Crippen molar-refractivity contribution in [3.8, 4) is 0 Å². The summed E-state index contributed by atoms with van der Waals surface area (Å²) in [5, 5.41) is 0. The second-order valence-corrected chi connectivity index (χ2v) is 5.44. The Labute approximate surface area is 124 Å². The number of aliphatic imine (C=N–C) groups is 1. The molecular formula is C18H17N3. The van der Waals surface area contributed by atoms with E-state index in [9.17, 15) is 0 Å². The number of hydrogen-bond acceptors (Lipinski definition) is 2. The molecule has 3 nitrogen and oxygen atoms in total. The van der Waals surface area contributed by atoms with Crippen molar-refractivity contribution in [2.75, 3.05) is 0 Å². The van der Waals surface area contributed by atoms with Crippen LogP contribution in [0.1, 0.15) is 18.3 Å². The first-order chi connectivity index (χ1) is 10.3. The Morgan fingerprint density at radius 1 is 1.05 bits per heavy atom. The molecule has 0 bridgehead atoms. The third-order valence-corrected chi connectivity index (χ3v) is 4.06. The van der Waals surface area contributed by atoms with Gasteiger partial charge in [-0.05, 0) is 23.8 Å². The molecule has 0 spiro atoms. The summed E-state index contributed by atoms with van der Waals surface area (Å²) >= 11 is 0. The van der Waals surface area contributed by atoms with E-state index in [1.807, 2.05) is 6.07 Å². The zero-order valence-corrected chi connectivity index (χ0v) is 12.1. The van der Waals surface area contributed by atoms with E-state index in [2.05, 4.69) is 54.0 Å². The predicted molar refractivity (Wildman–Crippen MR) is 86.4 cm³/mol. The molecule has 0 amide bonds. The zero-order valence-electron chi connectivity index (χ0n) is 12.1. The standard InChI is InChI=1S/C18H17N3/c1-2-18-20-16-9-5-6-10-17(16)21(18)12-14-11-13-7-3-4-8-15(13)19-14/h3-10H,2,11-12H2,1H3. The van der Waals surface area contributed by atoms with Crippen LogP contribution in [0.2, 0.25) is 0 Å². The molecule has 0 saturated carbocycles. The lowest BCUT2D eigenvalue weighted by atomic mass is 10.1. The molecule has 0 aliphatic carbocycles. The Hall–Kier alpha value is -2.42. The van der Waals surface area contributed by atoms with Gasteiger partial charge in [0.15, 0.2) is 0 Å². The molecule has 1 aliphatic heterocycles. The topological polar surface area (TPSA) is 30.2 Å². The average Bonchev–Trinajstić information content (AvgIpc) is 3.08. The number of nitrogens with zero attached hydrogens (tertiary/aromatic N) is 3. The van der Waals surface area contributed by atoms with Gasteiger partial charge in [0.2, 0.25) is 0 Å². The number of benzene rings is 2. The largest absolute Gasteiger partial charge is 0.322 e. The SMILES string of the molecule is CCc1nc2ccccc2n1CC1=Nc2ccccc2C1. The third kappa shape index (κ3) is 2.05. The third-order valence-electron chi connectivity index (χ3n) is 4.06. The summed E-state index contributed by atoms with van der Waals surface area (Å²) in [7, 11) is 0. The van der Waals surface area contributed by atoms with Crippen LogP contribution in [0, 0.1) is 0 Å². The maximum Gasteiger partial charge on any atom is 0.109 e. The van der Waals surface area contributed by atoms with Crippen LogP contribution in [0.15, 0.2) is 53.5 Å². The number of para-hydroxylation sites is 3. The fraction of sp³-hybridized carbons (Fsp3) is 0.222. The lowest BCUT2D eigenvalue weighted by Gasteiger charge is -2.07. The molecule has 4 rings (SSSR count). The van der Waals surface area contributed by atoms with Gasteiger partial charge in [-0.3, -0.25) is 4.99 Å². The van der Waals surface area contributed by atoms with E-state index in [0.29, 0.717) is 0 Å². The first kappa shape index (κ1) is 12.3. The van der Waals surface area contributed by atoms with Crippen LogP contribution < -0.4 is 0 Å². The lowest BCUT2D eigenvalue weighted by molar-refractivity contribution is 0.785. The van der Waals surface area contributed by atoms with E-state index in [4.69, 9.17) is 9.98 Å². The van der Waals surface area contributed by atoms with Gasteiger partial charge in [0.25, 0.3) is 0 Å². The van der Waals surface area contributed by atoms with Crippen LogP contribution in [0.4, 0.5) is 5.69 Å². The highest BCUT2D eigenvalue weighted by atomic mass is 15.1. The quantitative estimate of drug-likeness (QED) is 0.712. The summed E-state index contributed by atoms with van der Waals surface area (Å²) in [5.41, 5.74) is 5.94. The van der Waals surface area contributed by atoms with Gasteiger partial charge in [-0.15, -0.1) is 0 Å². The minimum Gasteiger partial charge on any atom is -0.322 e. The first-order valence-corrected chi connectivity index (χ1v) is 7.43. The number of hydrogen-bond donors (Lipinski definition) is 0. The van der Waals surface area contributed by atoms with Crippen LogP contribution in [0.25, 0.3) is 11.0 Å². The molecule has 2 heterocycles. The Bertz CT molecular complexity index is 843. The van der Waals surface area contributed by atoms with Gasteiger partial charge >= 0.3 is 0 Å². The Morgan fingerprint density at radius 3 is 2.71 bits per heavy atom. The van der Waals surface area contributed by atoms with Crippen molar-refractivity contribution in [1.29, 1.82) is 0 Å². The summed E-state index contributed by atoms with van der Waals surface area (Å²) in [4.78, 5) is 9.51. The van der Waals surface area contributed by atoms with Crippen molar-refractivity contribution < 1.29 is 0 Å². The molecule has 104 valence electrons. The van der Waals surface area contributed by atoms with Gasteiger partial charge in [-0.2, -0.15) is 0 Å². The fourth-order valence-corrected chi connectivity index (χ4v) is 3.04. The summed E-state index contributed by atoms with van der Waals surface area (Å²) < 4.78 is 2.31. The number of aromatic nitrogens is 2. The number of imidazole rings is 1. The van der Waals surface area contributed by atoms with Crippen molar-refractivity contribution in [2.45, 2.75) is 26.3 Å². The van der Waals surface area contributed by atoms with E-state index < -0.39 is 0 Å². The van der Waals surface area contributed by atoms with E-state index in [-0.39, 0.29) is 0 Å².